The molecular formula is C27H29NO4S. The van der Waals surface area contributed by atoms with Crippen molar-refractivity contribution >= 4 is 23.8 Å². The van der Waals surface area contributed by atoms with Gasteiger partial charge in [0, 0.05) is 17.6 Å². The lowest BCUT2D eigenvalue weighted by atomic mass is 10.1. The molecule has 5 nitrogen and oxygen atoms in total. The van der Waals surface area contributed by atoms with Crippen LogP contribution in [0.5, 0.6) is 11.5 Å². The molecule has 2 aromatic carbocycles. The van der Waals surface area contributed by atoms with Crippen LogP contribution in [0.4, 0.5) is 0 Å². The van der Waals surface area contributed by atoms with Gasteiger partial charge in [-0.1, -0.05) is 42.5 Å². The molecule has 6 heteroatoms. The van der Waals surface area contributed by atoms with E-state index in [-0.39, 0.29) is 0 Å². The van der Waals surface area contributed by atoms with E-state index in [0.717, 1.165) is 48.3 Å². The summed E-state index contributed by atoms with van der Waals surface area (Å²) in [5.74, 6) is 2.10. The topological polar surface area (TPSA) is 68.7 Å². The van der Waals surface area contributed by atoms with Gasteiger partial charge in [0.1, 0.15) is 17.2 Å². The Kier molecular flexibility index (Phi) is 9.86. The van der Waals surface area contributed by atoms with Crippen molar-refractivity contribution in [3.8, 4) is 11.5 Å². The van der Waals surface area contributed by atoms with Crippen LogP contribution in [0, 0.1) is 0 Å². The van der Waals surface area contributed by atoms with E-state index in [0.29, 0.717) is 18.1 Å². The van der Waals surface area contributed by atoms with E-state index >= 15 is 0 Å². The predicted octanol–water partition coefficient (Wildman–Crippen LogP) is 6.02. The number of rotatable bonds is 13. The number of ether oxygens (including phenoxy) is 2. The lowest BCUT2D eigenvalue weighted by Gasteiger charge is -2.11. The summed E-state index contributed by atoms with van der Waals surface area (Å²) >= 11 is 1.77. The second-order valence-electron chi connectivity index (χ2n) is 7.49. The number of thioether (sulfide) groups is 1. The van der Waals surface area contributed by atoms with Gasteiger partial charge in [-0.15, -0.1) is 0 Å². The van der Waals surface area contributed by atoms with Crippen molar-refractivity contribution in [2.45, 2.75) is 30.8 Å². The summed E-state index contributed by atoms with van der Waals surface area (Å²) in [6.07, 6.45) is 5.45. The number of carboxylic acid groups (broad SMARTS) is 1. The average Bonchev–Trinajstić information content (AvgIpc) is 2.84. The molecule has 0 aliphatic carbocycles. The molecule has 172 valence electrons. The smallest absolute Gasteiger partial charge is 0.328 e. The van der Waals surface area contributed by atoms with Crippen molar-refractivity contribution < 1.29 is 19.4 Å². The standard InChI is InChI=1S/C27H29NO4S/c1-31-24-13-10-21(11-14-24)7-5-6-18-32-26-16-12-23(28-25(26)15-17-27(29)30)20-33-19-22-8-3-2-4-9-22/h2-4,8-17H,5-7,18-20H2,1H3,(H,29,30)/b17-15+. The molecule has 0 atom stereocenters. The number of aromatic nitrogens is 1. The molecule has 3 aromatic rings. The highest BCUT2D eigenvalue weighted by atomic mass is 32.2. The molecule has 0 fully saturated rings. The molecule has 0 radical (unpaired) electrons. The normalized spacial score (nSPS) is 10.9. The van der Waals surface area contributed by atoms with E-state index in [1.165, 1.54) is 17.2 Å². The molecule has 0 spiro atoms. The SMILES string of the molecule is COc1ccc(CCCCOc2ccc(CSCc3ccccc3)nc2/C=C/C(=O)O)cc1. The summed E-state index contributed by atoms with van der Waals surface area (Å²) in [6.45, 7) is 0.549. The Bertz CT molecular complexity index is 1040. The second-order valence-corrected chi connectivity index (χ2v) is 8.48. The summed E-state index contributed by atoms with van der Waals surface area (Å²) in [4.78, 5) is 15.6. The molecule has 0 aliphatic heterocycles. The van der Waals surface area contributed by atoms with Crippen molar-refractivity contribution in [2.75, 3.05) is 13.7 Å². The Balaban J connectivity index is 1.51. The van der Waals surface area contributed by atoms with Crippen LogP contribution in [0.15, 0.2) is 72.8 Å². The fourth-order valence-electron chi connectivity index (χ4n) is 3.23. The lowest BCUT2D eigenvalue weighted by Crippen LogP contribution is -2.02. The minimum atomic E-state index is -1.01. The first-order valence-electron chi connectivity index (χ1n) is 10.9. The molecule has 0 amide bonds. The van der Waals surface area contributed by atoms with Gasteiger partial charge in [0.2, 0.25) is 0 Å². The summed E-state index contributed by atoms with van der Waals surface area (Å²) in [6, 6.07) is 22.2. The first-order chi connectivity index (χ1) is 16.1. The van der Waals surface area contributed by atoms with E-state index in [1.54, 1.807) is 18.9 Å². The van der Waals surface area contributed by atoms with Gasteiger partial charge in [0.25, 0.3) is 0 Å². The Labute approximate surface area is 199 Å². The van der Waals surface area contributed by atoms with Crippen LogP contribution in [-0.4, -0.2) is 29.8 Å². The van der Waals surface area contributed by atoms with Crippen molar-refractivity contribution in [1.82, 2.24) is 4.98 Å². The number of aryl methyl sites for hydroxylation is 1. The predicted molar refractivity (Wildman–Crippen MR) is 134 cm³/mol. The molecule has 1 aromatic heterocycles. The summed E-state index contributed by atoms with van der Waals surface area (Å²) in [5, 5.41) is 9.02. The fraction of sp³-hybridized carbons (Fsp3) is 0.259. The van der Waals surface area contributed by atoms with Crippen molar-refractivity contribution in [1.29, 1.82) is 0 Å². The van der Waals surface area contributed by atoms with Crippen LogP contribution in [0.1, 0.15) is 35.4 Å². The maximum Gasteiger partial charge on any atom is 0.328 e. The van der Waals surface area contributed by atoms with Crippen molar-refractivity contribution in [2.24, 2.45) is 0 Å². The van der Waals surface area contributed by atoms with E-state index in [9.17, 15) is 4.79 Å². The van der Waals surface area contributed by atoms with Gasteiger partial charge in [0.15, 0.2) is 0 Å². The van der Waals surface area contributed by atoms with Gasteiger partial charge >= 0.3 is 5.97 Å². The van der Waals surface area contributed by atoms with E-state index < -0.39 is 5.97 Å². The highest BCUT2D eigenvalue weighted by molar-refractivity contribution is 7.97. The number of carbonyl (C=O) groups is 1. The Hall–Kier alpha value is -3.25. The maximum absolute atomic E-state index is 11.0. The van der Waals surface area contributed by atoms with Crippen LogP contribution in [0.2, 0.25) is 0 Å². The number of hydrogen-bond donors (Lipinski definition) is 1. The fourth-order valence-corrected chi connectivity index (χ4v) is 4.13. The van der Waals surface area contributed by atoms with Crippen LogP contribution in [0.3, 0.4) is 0 Å². The van der Waals surface area contributed by atoms with E-state index in [4.69, 9.17) is 14.6 Å². The molecule has 0 bridgehead atoms. The number of aliphatic carboxylic acids is 1. The molecular weight excluding hydrogens is 434 g/mol. The highest BCUT2D eigenvalue weighted by Crippen LogP contribution is 2.23. The summed E-state index contributed by atoms with van der Waals surface area (Å²) in [5.41, 5.74) is 3.97. The van der Waals surface area contributed by atoms with Crippen molar-refractivity contribution in [3.05, 3.63) is 95.3 Å². The van der Waals surface area contributed by atoms with Gasteiger partial charge in [0.05, 0.1) is 19.4 Å². The molecule has 3 rings (SSSR count). The Morgan fingerprint density at radius 2 is 1.76 bits per heavy atom. The number of hydrogen-bond acceptors (Lipinski definition) is 5. The highest BCUT2D eigenvalue weighted by Gasteiger charge is 2.07. The number of nitrogens with zero attached hydrogens (tertiary/aromatic N) is 1. The average molecular weight is 464 g/mol. The van der Waals surface area contributed by atoms with Crippen LogP contribution >= 0.6 is 11.8 Å². The third-order valence-electron chi connectivity index (χ3n) is 4.97. The summed E-state index contributed by atoms with van der Waals surface area (Å²) < 4.78 is 11.1. The lowest BCUT2D eigenvalue weighted by molar-refractivity contribution is -0.131. The van der Waals surface area contributed by atoms with Gasteiger partial charge in [-0.3, -0.25) is 0 Å². The van der Waals surface area contributed by atoms with Gasteiger partial charge in [-0.05, 0) is 60.7 Å². The maximum atomic E-state index is 11.0. The van der Waals surface area contributed by atoms with Crippen LogP contribution in [-0.2, 0) is 22.7 Å². The third kappa shape index (κ3) is 8.66. The van der Waals surface area contributed by atoms with Gasteiger partial charge in [-0.25, -0.2) is 9.78 Å². The first-order valence-corrected chi connectivity index (χ1v) is 12.1. The Morgan fingerprint density at radius 3 is 2.48 bits per heavy atom. The molecule has 1 N–H and O–H groups in total. The molecule has 1 heterocycles. The Morgan fingerprint density at radius 1 is 0.970 bits per heavy atom. The summed E-state index contributed by atoms with van der Waals surface area (Å²) in [7, 11) is 1.66. The molecule has 0 saturated heterocycles. The van der Waals surface area contributed by atoms with E-state index in [1.807, 2.05) is 42.5 Å². The monoisotopic (exact) mass is 463 g/mol. The number of pyridine rings is 1. The van der Waals surface area contributed by atoms with Gasteiger partial charge < -0.3 is 14.6 Å². The number of benzene rings is 2. The number of carboxylic acids is 1. The zero-order valence-corrected chi connectivity index (χ0v) is 19.6. The quantitative estimate of drug-likeness (QED) is 0.247. The number of unbranched alkanes of at least 4 members (excludes halogenated alkanes) is 1. The van der Waals surface area contributed by atoms with E-state index in [2.05, 4.69) is 29.2 Å². The van der Waals surface area contributed by atoms with Crippen LogP contribution < -0.4 is 9.47 Å². The minimum Gasteiger partial charge on any atom is -0.497 e. The second kappa shape index (κ2) is 13.3. The molecule has 0 aliphatic rings. The first kappa shape index (κ1) is 24.4. The zero-order valence-electron chi connectivity index (χ0n) is 18.8. The third-order valence-corrected chi connectivity index (χ3v) is 6.00. The zero-order chi connectivity index (χ0) is 23.3. The largest absolute Gasteiger partial charge is 0.497 e. The molecule has 0 saturated carbocycles. The molecule has 33 heavy (non-hydrogen) atoms. The number of methoxy groups -OCH3 is 1. The van der Waals surface area contributed by atoms with Crippen LogP contribution in [0.25, 0.3) is 6.08 Å². The minimum absolute atomic E-state index is 0.547. The van der Waals surface area contributed by atoms with Gasteiger partial charge in [-0.2, -0.15) is 11.8 Å². The molecule has 0 unspecified atom stereocenters. The van der Waals surface area contributed by atoms with Crippen molar-refractivity contribution in [3.63, 3.8) is 0 Å².